The molecule has 0 fully saturated rings. The number of fused-ring (bicyclic) bond motifs is 1. The molecule has 4 aromatic rings. The molecule has 4 rings (SSSR count). The number of aryl methyl sites for hydroxylation is 1. The highest BCUT2D eigenvalue weighted by atomic mass is 35.5. The van der Waals surface area contributed by atoms with Gasteiger partial charge in [-0.15, -0.1) is 0 Å². The van der Waals surface area contributed by atoms with Gasteiger partial charge in [0.1, 0.15) is 5.03 Å². The largest absolute Gasteiger partial charge is 0.325 e. The van der Waals surface area contributed by atoms with Gasteiger partial charge in [-0.25, -0.2) is 9.97 Å². The van der Waals surface area contributed by atoms with Crippen molar-refractivity contribution in [2.24, 2.45) is 0 Å². The lowest BCUT2D eigenvalue weighted by molar-refractivity contribution is -0.113. The molecule has 29 heavy (non-hydrogen) atoms. The zero-order valence-electron chi connectivity index (χ0n) is 15.7. The molecule has 0 spiro atoms. The van der Waals surface area contributed by atoms with Crippen molar-refractivity contribution in [3.63, 3.8) is 0 Å². The first-order valence-electron chi connectivity index (χ1n) is 9.11. The highest BCUT2D eigenvalue weighted by Crippen LogP contribution is 2.30. The second-order valence-electron chi connectivity index (χ2n) is 6.53. The average molecular weight is 420 g/mol. The molecule has 6 heteroatoms. The number of carbonyl (C=O) groups is 1. The molecule has 0 saturated heterocycles. The summed E-state index contributed by atoms with van der Waals surface area (Å²) in [6, 6.07) is 23.0. The van der Waals surface area contributed by atoms with Crippen LogP contribution in [0.1, 0.15) is 5.56 Å². The van der Waals surface area contributed by atoms with Crippen molar-refractivity contribution < 1.29 is 4.79 Å². The maximum Gasteiger partial charge on any atom is 0.234 e. The molecule has 1 N–H and O–H groups in total. The number of hydrogen-bond donors (Lipinski definition) is 1. The number of nitrogens with one attached hydrogen (secondary N) is 1. The molecule has 0 bridgehead atoms. The monoisotopic (exact) mass is 419 g/mol. The van der Waals surface area contributed by atoms with Crippen LogP contribution in [-0.2, 0) is 4.79 Å². The van der Waals surface area contributed by atoms with Crippen LogP contribution in [0.2, 0.25) is 5.02 Å². The van der Waals surface area contributed by atoms with Crippen molar-refractivity contribution in [2.75, 3.05) is 11.1 Å². The van der Waals surface area contributed by atoms with Crippen molar-refractivity contribution in [3.8, 4) is 11.4 Å². The first kappa shape index (κ1) is 19.4. The van der Waals surface area contributed by atoms with Gasteiger partial charge < -0.3 is 5.32 Å². The summed E-state index contributed by atoms with van der Waals surface area (Å²) >= 11 is 7.57. The number of aromatic nitrogens is 2. The van der Waals surface area contributed by atoms with Gasteiger partial charge in [0.25, 0.3) is 0 Å². The second-order valence-corrected chi connectivity index (χ2v) is 7.93. The van der Waals surface area contributed by atoms with Crippen LogP contribution in [0.4, 0.5) is 5.69 Å². The van der Waals surface area contributed by atoms with Gasteiger partial charge >= 0.3 is 0 Å². The molecule has 0 unspecified atom stereocenters. The summed E-state index contributed by atoms with van der Waals surface area (Å²) in [6.07, 6.45) is 0. The number of nitrogens with zero attached hydrogens (tertiary/aromatic N) is 2. The molecule has 1 heterocycles. The van der Waals surface area contributed by atoms with E-state index in [0.717, 1.165) is 32.7 Å². The molecule has 0 radical (unpaired) electrons. The van der Waals surface area contributed by atoms with E-state index in [1.165, 1.54) is 11.8 Å². The Labute approximate surface area is 178 Å². The zero-order valence-corrected chi connectivity index (χ0v) is 17.3. The maximum atomic E-state index is 12.5. The van der Waals surface area contributed by atoms with Crippen LogP contribution in [0.3, 0.4) is 0 Å². The fourth-order valence-corrected chi connectivity index (χ4v) is 3.91. The number of amides is 1. The minimum atomic E-state index is -0.0839. The third-order valence-electron chi connectivity index (χ3n) is 4.41. The molecule has 0 aliphatic carbocycles. The summed E-state index contributed by atoms with van der Waals surface area (Å²) in [5, 5.41) is 5.14. The number of benzene rings is 3. The van der Waals surface area contributed by atoms with E-state index in [1.54, 1.807) is 0 Å². The van der Waals surface area contributed by atoms with Gasteiger partial charge in [0.15, 0.2) is 5.82 Å². The van der Waals surface area contributed by atoms with Gasteiger partial charge in [0.05, 0.1) is 11.3 Å². The summed E-state index contributed by atoms with van der Waals surface area (Å²) in [4.78, 5) is 21.9. The Hall–Kier alpha value is -2.89. The molecule has 4 nitrogen and oxygen atoms in total. The third kappa shape index (κ3) is 4.58. The van der Waals surface area contributed by atoms with E-state index in [4.69, 9.17) is 16.6 Å². The smallest absolute Gasteiger partial charge is 0.234 e. The second kappa shape index (κ2) is 8.64. The number of rotatable bonds is 5. The fourth-order valence-electron chi connectivity index (χ4n) is 2.93. The van der Waals surface area contributed by atoms with E-state index in [9.17, 15) is 4.79 Å². The molecule has 0 saturated carbocycles. The van der Waals surface area contributed by atoms with Crippen LogP contribution in [0, 0.1) is 6.92 Å². The van der Waals surface area contributed by atoms with Crippen LogP contribution in [0.15, 0.2) is 77.8 Å². The Kier molecular flexibility index (Phi) is 5.79. The number of halogens is 1. The number of anilines is 1. The summed E-state index contributed by atoms with van der Waals surface area (Å²) in [6.45, 7) is 1.97. The number of thioether (sulfide) groups is 1. The van der Waals surface area contributed by atoms with Gasteiger partial charge in [0, 0.05) is 21.7 Å². The first-order valence-corrected chi connectivity index (χ1v) is 10.5. The molecular weight excluding hydrogens is 402 g/mol. The third-order valence-corrected chi connectivity index (χ3v) is 5.64. The lowest BCUT2D eigenvalue weighted by Gasteiger charge is -2.10. The van der Waals surface area contributed by atoms with E-state index < -0.39 is 0 Å². The van der Waals surface area contributed by atoms with Crippen molar-refractivity contribution >= 4 is 45.9 Å². The maximum absolute atomic E-state index is 12.5. The number of para-hydroxylation sites is 1. The SMILES string of the molecule is Cc1ccccc1NC(=O)CSc1nc(-c2ccccc2)nc2ccc(Cl)cc12. The highest BCUT2D eigenvalue weighted by molar-refractivity contribution is 8.00. The first-order chi connectivity index (χ1) is 14.1. The Balaban J connectivity index is 1.62. The lowest BCUT2D eigenvalue weighted by Crippen LogP contribution is -2.15. The van der Waals surface area contributed by atoms with E-state index >= 15 is 0 Å². The Bertz CT molecular complexity index is 1180. The van der Waals surface area contributed by atoms with Gasteiger partial charge in [-0.1, -0.05) is 71.9 Å². The summed E-state index contributed by atoms with van der Waals surface area (Å²) in [5.41, 5.74) is 3.57. The topological polar surface area (TPSA) is 54.9 Å². The van der Waals surface area contributed by atoms with Crippen molar-refractivity contribution in [3.05, 3.63) is 83.4 Å². The average Bonchev–Trinajstić information content (AvgIpc) is 2.74. The van der Waals surface area contributed by atoms with E-state index in [-0.39, 0.29) is 11.7 Å². The molecule has 0 aliphatic heterocycles. The minimum Gasteiger partial charge on any atom is -0.325 e. The summed E-state index contributed by atoms with van der Waals surface area (Å²) < 4.78 is 0. The van der Waals surface area contributed by atoms with Gasteiger partial charge in [0.2, 0.25) is 5.91 Å². The quantitative estimate of drug-likeness (QED) is 0.319. The van der Waals surface area contributed by atoms with E-state index in [2.05, 4.69) is 10.3 Å². The molecule has 1 amide bonds. The normalized spacial score (nSPS) is 10.8. The number of carbonyl (C=O) groups excluding carboxylic acids is 1. The van der Waals surface area contributed by atoms with E-state index in [1.807, 2.05) is 79.7 Å². The predicted octanol–water partition coefficient (Wildman–Crippen LogP) is 5.99. The van der Waals surface area contributed by atoms with E-state index in [0.29, 0.717) is 10.8 Å². The molecule has 0 aliphatic rings. The zero-order chi connectivity index (χ0) is 20.2. The molecule has 144 valence electrons. The Morgan fingerprint density at radius 2 is 1.76 bits per heavy atom. The van der Waals surface area contributed by atoms with Crippen LogP contribution in [0.5, 0.6) is 0 Å². The molecule has 0 atom stereocenters. The van der Waals surface area contributed by atoms with Crippen LogP contribution < -0.4 is 5.32 Å². The van der Waals surface area contributed by atoms with Crippen LogP contribution >= 0.6 is 23.4 Å². The summed E-state index contributed by atoms with van der Waals surface area (Å²) in [7, 11) is 0. The molecule has 3 aromatic carbocycles. The van der Waals surface area contributed by atoms with Crippen LogP contribution in [-0.4, -0.2) is 21.6 Å². The van der Waals surface area contributed by atoms with Crippen molar-refractivity contribution in [1.82, 2.24) is 9.97 Å². The highest BCUT2D eigenvalue weighted by Gasteiger charge is 2.13. The van der Waals surface area contributed by atoms with Gasteiger partial charge in [-0.05, 0) is 36.8 Å². The lowest BCUT2D eigenvalue weighted by atomic mass is 10.2. The number of hydrogen-bond acceptors (Lipinski definition) is 4. The van der Waals surface area contributed by atoms with Gasteiger partial charge in [-0.3, -0.25) is 4.79 Å². The van der Waals surface area contributed by atoms with Crippen molar-refractivity contribution in [1.29, 1.82) is 0 Å². The van der Waals surface area contributed by atoms with Crippen LogP contribution in [0.25, 0.3) is 22.3 Å². The fraction of sp³-hybridized carbons (Fsp3) is 0.0870. The standard InChI is InChI=1S/C23H18ClN3OS/c1-15-7-5-6-10-19(15)25-21(28)14-29-23-18-13-17(24)11-12-20(18)26-22(27-23)16-8-3-2-4-9-16/h2-13H,14H2,1H3,(H,25,28). The van der Waals surface area contributed by atoms with Crippen molar-refractivity contribution in [2.45, 2.75) is 11.9 Å². The molecule has 1 aromatic heterocycles. The summed E-state index contributed by atoms with van der Waals surface area (Å²) in [5.74, 6) is 0.780. The Morgan fingerprint density at radius 3 is 2.55 bits per heavy atom. The molecular formula is C23H18ClN3OS. The van der Waals surface area contributed by atoms with Gasteiger partial charge in [-0.2, -0.15) is 0 Å². The minimum absolute atomic E-state index is 0.0839. The Morgan fingerprint density at radius 1 is 1.00 bits per heavy atom. The predicted molar refractivity (Wildman–Crippen MR) is 121 cm³/mol.